The molecule has 0 saturated carbocycles. The predicted molar refractivity (Wildman–Crippen MR) is 169 cm³/mol. The van der Waals surface area contributed by atoms with E-state index in [0.717, 1.165) is 19.2 Å². The lowest BCUT2D eigenvalue weighted by atomic mass is 9.98. The Kier molecular flexibility index (Phi) is 9.81. The van der Waals surface area contributed by atoms with Crippen molar-refractivity contribution >= 4 is 16.8 Å². The number of halogens is 4. The smallest absolute Gasteiger partial charge is 0.419 e. The first-order valence-corrected chi connectivity index (χ1v) is 15.5. The second kappa shape index (κ2) is 13.6. The number of fused-ring (bicyclic) bond motifs is 1. The van der Waals surface area contributed by atoms with Gasteiger partial charge in [-0.1, -0.05) is 18.2 Å². The summed E-state index contributed by atoms with van der Waals surface area (Å²) in [5.41, 5.74) is -0.683. The van der Waals surface area contributed by atoms with E-state index in [-0.39, 0.29) is 23.6 Å². The van der Waals surface area contributed by atoms with Gasteiger partial charge in [-0.15, -0.1) is 0 Å². The topological polar surface area (TPSA) is 67.7 Å². The van der Waals surface area contributed by atoms with E-state index < -0.39 is 29.5 Å². The molecule has 1 saturated heterocycles. The van der Waals surface area contributed by atoms with Crippen LogP contribution in [-0.2, 0) is 17.4 Å². The van der Waals surface area contributed by atoms with E-state index in [1.807, 2.05) is 6.92 Å². The molecule has 1 amide bonds. The van der Waals surface area contributed by atoms with E-state index in [2.05, 4.69) is 18.7 Å². The number of nitrogens with zero attached hydrogens (tertiary/aromatic N) is 4. The summed E-state index contributed by atoms with van der Waals surface area (Å²) in [7, 11) is 0. The lowest BCUT2D eigenvalue weighted by Crippen LogP contribution is -2.50. The van der Waals surface area contributed by atoms with Crippen LogP contribution in [0.3, 0.4) is 0 Å². The van der Waals surface area contributed by atoms with Crippen LogP contribution in [0.4, 0.5) is 17.6 Å². The van der Waals surface area contributed by atoms with Crippen molar-refractivity contribution in [3.05, 3.63) is 99.9 Å². The molecule has 1 unspecified atom stereocenters. The van der Waals surface area contributed by atoms with Crippen molar-refractivity contribution in [3.63, 3.8) is 0 Å². The van der Waals surface area contributed by atoms with Gasteiger partial charge in [0.25, 0.3) is 5.56 Å². The summed E-state index contributed by atoms with van der Waals surface area (Å²) in [6.07, 6.45) is -4.01. The van der Waals surface area contributed by atoms with Crippen molar-refractivity contribution in [3.8, 4) is 11.4 Å². The van der Waals surface area contributed by atoms with E-state index in [9.17, 15) is 27.2 Å². The third-order valence-electron chi connectivity index (χ3n) is 8.60. The van der Waals surface area contributed by atoms with Crippen LogP contribution in [0.2, 0.25) is 0 Å². The Balaban J connectivity index is 1.60. The zero-order valence-electron chi connectivity index (χ0n) is 26.4. The summed E-state index contributed by atoms with van der Waals surface area (Å²) >= 11 is 0. The van der Waals surface area contributed by atoms with Crippen molar-refractivity contribution < 1.29 is 27.1 Å². The lowest BCUT2D eigenvalue weighted by Gasteiger charge is -2.42. The van der Waals surface area contributed by atoms with E-state index >= 15 is 0 Å². The molecule has 1 aliphatic heterocycles. The molecule has 1 aromatic heterocycles. The summed E-state index contributed by atoms with van der Waals surface area (Å²) < 4.78 is 61.7. The number of carbonyl (C=O) groups excluding carboxylic acids is 1. The monoisotopic (exact) mass is 638 g/mol. The molecule has 4 aromatic rings. The number of hydrogen-bond acceptors (Lipinski definition) is 5. The van der Waals surface area contributed by atoms with Crippen LogP contribution in [-0.4, -0.2) is 57.0 Å². The average molecular weight is 639 g/mol. The molecule has 0 radical (unpaired) electrons. The van der Waals surface area contributed by atoms with Crippen molar-refractivity contribution in [1.82, 2.24) is 19.4 Å². The molecule has 2 heterocycles. The summed E-state index contributed by atoms with van der Waals surface area (Å²) in [6, 6.07) is 15.9. The van der Waals surface area contributed by atoms with Crippen LogP contribution in [0.1, 0.15) is 63.5 Å². The number of aromatic nitrogens is 2. The maximum absolute atomic E-state index is 14.2. The number of amides is 1. The van der Waals surface area contributed by atoms with Gasteiger partial charge in [-0.25, -0.2) is 9.37 Å². The molecule has 1 fully saturated rings. The molecular weight excluding hydrogens is 600 g/mol. The highest BCUT2D eigenvalue weighted by Crippen LogP contribution is 2.33. The number of alkyl halides is 3. The maximum Gasteiger partial charge on any atom is 0.419 e. The van der Waals surface area contributed by atoms with Crippen LogP contribution in [0.5, 0.6) is 5.75 Å². The number of rotatable bonds is 9. The molecule has 1 atom stereocenters. The van der Waals surface area contributed by atoms with E-state index in [4.69, 9.17) is 9.72 Å². The fraction of sp³-hybridized carbons (Fsp3) is 0.400. The van der Waals surface area contributed by atoms with Crippen molar-refractivity contribution in [2.24, 2.45) is 0 Å². The Morgan fingerprint density at radius 2 is 1.70 bits per heavy atom. The van der Waals surface area contributed by atoms with Crippen molar-refractivity contribution in [2.45, 2.75) is 71.3 Å². The SMILES string of the molecule is CCOc1ccc(-n2c(C(C)N(C(=O)Cc3ccc(F)c(C(F)(F)F)c3)C3CCN(C(C)C)CC3)nc3ccccc3c2=O)cc1. The van der Waals surface area contributed by atoms with Gasteiger partial charge in [0, 0.05) is 25.2 Å². The quantitative estimate of drug-likeness (QED) is 0.186. The number of piperidine rings is 1. The van der Waals surface area contributed by atoms with Crippen LogP contribution in [0.25, 0.3) is 16.6 Å². The maximum atomic E-state index is 14.2. The standard InChI is InChI=1S/C35H38F4N4O3/c1-5-46-27-13-11-25(12-14-27)43-33(40-31-9-7-6-8-28(31)34(43)45)23(4)42(26-16-18-41(19-17-26)22(2)3)32(44)21-24-10-15-30(36)29(20-24)35(37,38)39/h6-15,20,22-23,26H,5,16-19,21H2,1-4H3. The minimum Gasteiger partial charge on any atom is -0.494 e. The molecule has 7 nitrogen and oxygen atoms in total. The second-order valence-corrected chi connectivity index (χ2v) is 11.9. The first-order chi connectivity index (χ1) is 21.9. The van der Waals surface area contributed by atoms with Crippen LogP contribution >= 0.6 is 0 Å². The normalized spacial score (nSPS) is 15.3. The van der Waals surface area contributed by atoms with E-state index in [0.29, 0.717) is 59.7 Å². The Bertz CT molecular complexity index is 1750. The zero-order chi connectivity index (χ0) is 33.2. The molecule has 11 heteroatoms. The van der Waals surface area contributed by atoms with Gasteiger partial charge in [-0.05, 0) is 94.6 Å². The van der Waals surface area contributed by atoms with Crippen LogP contribution < -0.4 is 10.3 Å². The number of benzene rings is 3. The molecule has 1 aliphatic rings. The first kappa shape index (κ1) is 33.1. The summed E-state index contributed by atoms with van der Waals surface area (Å²) in [5.74, 6) is -0.873. The number of para-hydroxylation sites is 1. The molecule has 0 bridgehead atoms. The van der Waals surface area contributed by atoms with E-state index in [1.165, 1.54) is 10.6 Å². The third kappa shape index (κ3) is 6.94. The van der Waals surface area contributed by atoms with Crippen molar-refractivity contribution in [1.29, 1.82) is 0 Å². The number of hydrogen-bond donors (Lipinski definition) is 0. The minimum atomic E-state index is -4.90. The highest BCUT2D eigenvalue weighted by Gasteiger charge is 2.37. The lowest BCUT2D eigenvalue weighted by molar-refractivity contribution is -0.140. The van der Waals surface area contributed by atoms with Gasteiger partial charge in [-0.2, -0.15) is 13.2 Å². The Morgan fingerprint density at radius 1 is 1.02 bits per heavy atom. The highest BCUT2D eigenvalue weighted by molar-refractivity contribution is 5.80. The number of carbonyl (C=O) groups is 1. The van der Waals surface area contributed by atoms with Gasteiger partial charge in [0.05, 0.1) is 41.2 Å². The fourth-order valence-corrected chi connectivity index (χ4v) is 6.24. The Hall–Kier alpha value is -4.25. The second-order valence-electron chi connectivity index (χ2n) is 11.9. The zero-order valence-corrected chi connectivity index (χ0v) is 26.4. The summed E-state index contributed by atoms with van der Waals surface area (Å²) in [4.78, 5) is 37.1. The molecule has 3 aromatic carbocycles. The fourth-order valence-electron chi connectivity index (χ4n) is 6.24. The first-order valence-electron chi connectivity index (χ1n) is 15.5. The summed E-state index contributed by atoms with van der Waals surface area (Å²) in [5, 5.41) is 0.404. The summed E-state index contributed by atoms with van der Waals surface area (Å²) in [6.45, 7) is 9.80. The minimum absolute atomic E-state index is 0.0471. The largest absolute Gasteiger partial charge is 0.494 e. The molecule has 0 spiro atoms. The Morgan fingerprint density at radius 3 is 2.33 bits per heavy atom. The molecule has 0 aliphatic carbocycles. The van der Waals surface area contributed by atoms with Crippen LogP contribution in [0.15, 0.2) is 71.5 Å². The van der Waals surface area contributed by atoms with Crippen molar-refractivity contribution in [2.75, 3.05) is 19.7 Å². The third-order valence-corrected chi connectivity index (χ3v) is 8.60. The van der Waals surface area contributed by atoms with Gasteiger partial charge < -0.3 is 14.5 Å². The van der Waals surface area contributed by atoms with Gasteiger partial charge in [0.2, 0.25) is 5.91 Å². The van der Waals surface area contributed by atoms with Gasteiger partial charge >= 0.3 is 6.18 Å². The number of ether oxygens (including phenoxy) is 1. The van der Waals surface area contributed by atoms with Gasteiger partial charge in [-0.3, -0.25) is 14.2 Å². The average Bonchev–Trinajstić information content (AvgIpc) is 3.02. The van der Waals surface area contributed by atoms with E-state index in [1.54, 1.807) is 60.4 Å². The molecule has 244 valence electrons. The van der Waals surface area contributed by atoms with Gasteiger partial charge in [0.1, 0.15) is 17.4 Å². The van der Waals surface area contributed by atoms with Gasteiger partial charge in [0.15, 0.2) is 0 Å². The Labute approximate surface area is 265 Å². The number of likely N-dealkylation sites (tertiary alicyclic amines) is 1. The predicted octanol–water partition coefficient (Wildman–Crippen LogP) is 6.95. The van der Waals surface area contributed by atoms with Crippen LogP contribution in [0, 0.1) is 5.82 Å². The molecule has 46 heavy (non-hydrogen) atoms. The highest BCUT2D eigenvalue weighted by atomic mass is 19.4. The molecular formula is C35H38F4N4O3. The molecule has 5 rings (SSSR count). The molecule has 0 N–H and O–H groups in total.